The molecule has 5 nitrogen and oxygen atoms in total. The number of ether oxygens (including phenoxy) is 2. The Morgan fingerprint density at radius 1 is 1.14 bits per heavy atom. The van der Waals surface area contributed by atoms with E-state index in [1.807, 2.05) is 55.5 Å². The normalized spacial score (nSPS) is 11.5. The lowest BCUT2D eigenvalue weighted by atomic mass is 10.2. The standard InChI is InChI=1S/C17H20N2O3/c1-3-14(17(18)20)19-12-8-10-13(11-9-12)22-16-7-5-4-6-15(16)21-2/h4-11,14,19H,3H2,1-2H3,(H2,18,20)/t14-/m0/s1. The Morgan fingerprint density at radius 3 is 2.32 bits per heavy atom. The maximum absolute atomic E-state index is 11.2. The lowest BCUT2D eigenvalue weighted by molar-refractivity contribution is -0.118. The van der Waals surface area contributed by atoms with E-state index >= 15 is 0 Å². The molecule has 5 heteroatoms. The van der Waals surface area contributed by atoms with Crippen LogP contribution >= 0.6 is 0 Å². The highest BCUT2D eigenvalue weighted by Gasteiger charge is 2.12. The maximum atomic E-state index is 11.2. The molecular formula is C17H20N2O3. The van der Waals surface area contributed by atoms with Crippen molar-refractivity contribution < 1.29 is 14.3 Å². The molecule has 0 saturated heterocycles. The van der Waals surface area contributed by atoms with Crippen molar-refractivity contribution in [1.29, 1.82) is 0 Å². The van der Waals surface area contributed by atoms with Gasteiger partial charge in [0.2, 0.25) is 5.91 Å². The van der Waals surface area contributed by atoms with Crippen molar-refractivity contribution in [3.05, 3.63) is 48.5 Å². The number of hydrogen-bond donors (Lipinski definition) is 2. The van der Waals surface area contributed by atoms with Crippen LogP contribution in [0.25, 0.3) is 0 Å². The van der Waals surface area contributed by atoms with Crippen LogP contribution in [0.2, 0.25) is 0 Å². The van der Waals surface area contributed by atoms with E-state index in [9.17, 15) is 4.79 Å². The highest BCUT2D eigenvalue weighted by atomic mass is 16.5. The van der Waals surface area contributed by atoms with Crippen LogP contribution in [0, 0.1) is 0 Å². The average Bonchev–Trinajstić information content (AvgIpc) is 2.54. The Kier molecular flexibility index (Phi) is 5.25. The number of methoxy groups -OCH3 is 1. The second kappa shape index (κ2) is 7.36. The molecule has 2 rings (SSSR count). The van der Waals surface area contributed by atoms with Gasteiger partial charge in [-0.05, 0) is 42.8 Å². The van der Waals surface area contributed by atoms with E-state index in [4.69, 9.17) is 15.2 Å². The summed E-state index contributed by atoms with van der Waals surface area (Å²) in [7, 11) is 1.60. The first-order valence-corrected chi connectivity index (χ1v) is 7.10. The minimum absolute atomic E-state index is 0.364. The first-order chi connectivity index (χ1) is 10.6. The van der Waals surface area contributed by atoms with Crippen LogP contribution in [0.1, 0.15) is 13.3 Å². The molecule has 0 aliphatic carbocycles. The number of amides is 1. The van der Waals surface area contributed by atoms with Crippen molar-refractivity contribution in [2.24, 2.45) is 5.73 Å². The largest absolute Gasteiger partial charge is 0.493 e. The van der Waals surface area contributed by atoms with Gasteiger partial charge < -0.3 is 20.5 Å². The molecule has 0 aliphatic rings. The van der Waals surface area contributed by atoms with Crippen molar-refractivity contribution in [3.8, 4) is 17.2 Å². The molecule has 22 heavy (non-hydrogen) atoms. The smallest absolute Gasteiger partial charge is 0.239 e. The Hall–Kier alpha value is -2.69. The van der Waals surface area contributed by atoms with Crippen LogP contribution in [-0.4, -0.2) is 19.1 Å². The number of carbonyl (C=O) groups excluding carboxylic acids is 1. The lowest BCUT2D eigenvalue weighted by Crippen LogP contribution is -2.34. The minimum Gasteiger partial charge on any atom is -0.493 e. The molecule has 0 aliphatic heterocycles. The van der Waals surface area contributed by atoms with Gasteiger partial charge in [-0.3, -0.25) is 4.79 Å². The van der Waals surface area contributed by atoms with E-state index in [0.29, 0.717) is 23.7 Å². The first kappa shape index (κ1) is 15.7. The van der Waals surface area contributed by atoms with Crippen LogP contribution in [-0.2, 0) is 4.79 Å². The molecule has 0 fully saturated rings. The number of carbonyl (C=O) groups is 1. The molecule has 3 N–H and O–H groups in total. The highest BCUT2D eigenvalue weighted by Crippen LogP contribution is 2.31. The van der Waals surface area contributed by atoms with Gasteiger partial charge in [-0.15, -0.1) is 0 Å². The van der Waals surface area contributed by atoms with Crippen LogP contribution in [0.15, 0.2) is 48.5 Å². The molecule has 1 atom stereocenters. The summed E-state index contributed by atoms with van der Waals surface area (Å²) in [6.07, 6.45) is 0.634. The maximum Gasteiger partial charge on any atom is 0.239 e. The van der Waals surface area contributed by atoms with Gasteiger partial charge in [-0.1, -0.05) is 19.1 Å². The molecule has 0 saturated carbocycles. The van der Waals surface area contributed by atoms with E-state index in [1.165, 1.54) is 0 Å². The zero-order valence-electron chi connectivity index (χ0n) is 12.7. The summed E-state index contributed by atoms with van der Waals surface area (Å²) < 4.78 is 11.0. The summed E-state index contributed by atoms with van der Waals surface area (Å²) >= 11 is 0. The first-order valence-electron chi connectivity index (χ1n) is 7.10. The molecule has 0 heterocycles. The van der Waals surface area contributed by atoms with Crippen LogP contribution in [0.3, 0.4) is 0 Å². The fourth-order valence-electron chi connectivity index (χ4n) is 2.02. The summed E-state index contributed by atoms with van der Waals surface area (Å²) in [4.78, 5) is 11.2. The number of hydrogen-bond acceptors (Lipinski definition) is 4. The van der Waals surface area contributed by atoms with Crippen molar-refractivity contribution in [3.63, 3.8) is 0 Å². The molecule has 2 aromatic rings. The van der Waals surface area contributed by atoms with Crippen LogP contribution in [0.5, 0.6) is 17.2 Å². The predicted molar refractivity (Wildman–Crippen MR) is 86.4 cm³/mol. The summed E-state index contributed by atoms with van der Waals surface area (Å²) in [6, 6.07) is 14.4. The van der Waals surface area contributed by atoms with Crippen LogP contribution < -0.4 is 20.5 Å². The van der Waals surface area contributed by atoms with Gasteiger partial charge >= 0.3 is 0 Å². The Morgan fingerprint density at radius 2 is 1.77 bits per heavy atom. The van der Waals surface area contributed by atoms with Crippen molar-refractivity contribution in [2.45, 2.75) is 19.4 Å². The Labute approximate surface area is 130 Å². The van der Waals surface area contributed by atoms with Gasteiger partial charge in [0.05, 0.1) is 7.11 Å². The summed E-state index contributed by atoms with van der Waals surface area (Å²) in [6.45, 7) is 1.90. The fourth-order valence-corrected chi connectivity index (χ4v) is 2.02. The molecule has 0 bridgehead atoms. The van der Waals surface area contributed by atoms with E-state index in [1.54, 1.807) is 7.11 Å². The number of para-hydroxylation sites is 2. The topological polar surface area (TPSA) is 73.6 Å². The summed E-state index contributed by atoms with van der Waals surface area (Å²) in [5.41, 5.74) is 6.14. The molecular weight excluding hydrogens is 280 g/mol. The molecule has 2 aromatic carbocycles. The number of nitrogens with one attached hydrogen (secondary N) is 1. The van der Waals surface area contributed by atoms with Gasteiger partial charge in [0.1, 0.15) is 11.8 Å². The third-order valence-electron chi connectivity index (χ3n) is 3.24. The summed E-state index contributed by atoms with van der Waals surface area (Å²) in [5, 5.41) is 3.09. The zero-order valence-corrected chi connectivity index (χ0v) is 12.7. The SMILES string of the molecule is CC[C@H](Nc1ccc(Oc2ccccc2OC)cc1)C(N)=O. The quantitative estimate of drug-likeness (QED) is 0.823. The van der Waals surface area contributed by atoms with Crippen molar-refractivity contribution in [1.82, 2.24) is 0 Å². The van der Waals surface area contributed by atoms with Gasteiger partial charge in [0.25, 0.3) is 0 Å². The third-order valence-corrected chi connectivity index (χ3v) is 3.24. The molecule has 116 valence electrons. The second-order valence-corrected chi connectivity index (χ2v) is 4.78. The number of benzene rings is 2. The Bertz CT molecular complexity index is 626. The van der Waals surface area contributed by atoms with Crippen LogP contribution in [0.4, 0.5) is 5.69 Å². The molecule has 0 unspecified atom stereocenters. The van der Waals surface area contributed by atoms with Gasteiger partial charge in [0, 0.05) is 5.69 Å². The molecule has 0 spiro atoms. The minimum atomic E-state index is -0.374. The van der Waals surface area contributed by atoms with E-state index < -0.39 is 0 Å². The number of rotatable bonds is 7. The molecule has 1 amide bonds. The monoisotopic (exact) mass is 300 g/mol. The average molecular weight is 300 g/mol. The van der Waals surface area contributed by atoms with E-state index in [2.05, 4.69) is 5.32 Å². The van der Waals surface area contributed by atoms with Gasteiger partial charge in [-0.2, -0.15) is 0 Å². The predicted octanol–water partition coefficient (Wildman–Crippen LogP) is 3.16. The van der Waals surface area contributed by atoms with Crippen molar-refractivity contribution in [2.75, 3.05) is 12.4 Å². The van der Waals surface area contributed by atoms with Gasteiger partial charge in [0.15, 0.2) is 11.5 Å². The number of nitrogens with two attached hydrogens (primary N) is 1. The fraction of sp³-hybridized carbons (Fsp3) is 0.235. The Balaban J connectivity index is 2.07. The highest BCUT2D eigenvalue weighted by molar-refractivity contribution is 5.82. The van der Waals surface area contributed by atoms with E-state index in [-0.39, 0.29) is 11.9 Å². The third kappa shape index (κ3) is 3.91. The summed E-state index contributed by atoms with van der Waals surface area (Å²) in [5.74, 6) is 1.64. The second-order valence-electron chi connectivity index (χ2n) is 4.78. The van der Waals surface area contributed by atoms with E-state index in [0.717, 1.165) is 5.69 Å². The zero-order chi connectivity index (χ0) is 15.9. The van der Waals surface area contributed by atoms with Gasteiger partial charge in [-0.25, -0.2) is 0 Å². The molecule has 0 radical (unpaired) electrons. The number of primary amides is 1. The number of anilines is 1. The lowest BCUT2D eigenvalue weighted by Gasteiger charge is -2.15. The van der Waals surface area contributed by atoms with Crippen molar-refractivity contribution >= 4 is 11.6 Å². The molecule has 0 aromatic heterocycles.